The van der Waals surface area contributed by atoms with E-state index in [-0.39, 0.29) is 22.0 Å². The highest BCUT2D eigenvalue weighted by Gasteiger charge is 2.16. The zero-order valence-corrected chi connectivity index (χ0v) is 19.9. The molecule has 4 rings (SSSR count). The van der Waals surface area contributed by atoms with E-state index in [9.17, 15) is 19.7 Å². The van der Waals surface area contributed by atoms with Crippen molar-refractivity contribution in [1.29, 1.82) is 0 Å². The van der Waals surface area contributed by atoms with Gasteiger partial charge >= 0.3 is 0 Å². The predicted molar refractivity (Wildman–Crippen MR) is 137 cm³/mol. The van der Waals surface area contributed by atoms with Crippen molar-refractivity contribution in [3.8, 4) is 5.69 Å². The van der Waals surface area contributed by atoms with Gasteiger partial charge in [0.1, 0.15) is 0 Å². The average molecular weight is 508 g/mol. The number of hydrazone groups is 1. The highest BCUT2D eigenvalue weighted by molar-refractivity contribution is 7.99. The van der Waals surface area contributed by atoms with Crippen LogP contribution in [0.3, 0.4) is 0 Å². The van der Waals surface area contributed by atoms with E-state index in [4.69, 9.17) is 11.6 Å². The third kappa shape index (κ3) is 5.39. The number of nitro benzene ring substituents is 1. The van der Waals surface area contributed by atoms with Crippen LogP contribution in [0.5, 0.6) is 0 Å². The molecule has 0 saturated heterocycles. The zero-order valence-electron chi connectivity index (χ0n) is 18.3. The maximum absolute atomic E-state index is 13.3. The Balaban J connectivity index is 1.56. The molecule has 11 heteroatoms. The van der Waals surface area contributed by atoms with Crippen LogP contribution >= 0.6 is 23.4 Å². The van der Waals surface area contributed by atoms with Crippen molar-refractivity contribution in [2.45, 2.75) is 12.1 Å². The van der Waals surface area contributed by atoms with Gasteiger partial charge in [0.15, 0.2) is 5.16 Å². The first-order valence-electron chi connectivity index (χ1n) is 10.3. The summed E-state index contributed by atoms with van der Waals surface area (Å²) in [7, 11) is 0. The Kier molecular flexibility index (Phi) is 7.23. The number of rotatable bonds is 7. The molecule has 3 aromatic carbocycles. The molecule has 0 radical (unpaired) electrons. The SMILES string of the molecule is Cc1ccccc1-n1c(SCC(=O)N/N=C/c2cc([N+](=O)[O-])ccc2Cl)nc2ccccc2c1=O. The molecule has 1 amide bonds. The van der Waals surface area contributed by atoms with Crippen molar-refractivity contribution in [2.75, 3.05) is 5.75 Å². The van der Waals surface area contributed by atoms with Gasteiger partial charge in [0.05, 0.1) is 33.5 Å². The lowest BCUT2D eigenvalue weighted by molar-refractivity contribution is -0.384. The van der Waals surface area contributed by atoms with Crippen molar-refractivity contribution in [1.82, 2.24) is 15.0 Å². The van der Waals surface area contributed by atoms with Crippen LogP contribution in [-0.4, -0.2) is 32.3 Å². The van der Waals surface area contributed by atoms with Gasteiger partial charge in [0.25, 0.3) is 17.2 Å². The Labute approximate surface area is 208 Å². The summed E-state index contributed by atoms with van der Waals surface area (Å²) in [5.74, 6) is -0.525. The second-order valence-corrected chi connectivity index (χ2v) is 8.73. The fourth-order valence-electron chi connectivity index (χ4n) is 3.32. The first-order chi connectivity index (χ1) is 16.8. The fraction of sp³-hybridized carbons (Fsp3) is 0.0833. The number of hydrogen-bond acceptors (Lipinski definition) is 7. The molecule has 1 N–H and O–H groups in total. The van der Waals surface area contributed by atoms with E-state index < -0.39 is 10.8 Å². The maximum atomic E-state index is 13.3. The fourth-order valence-corrected chi connectivity index (χ4v) is 4.28. The van der Waals surface area contributed by atoms with Crippen LogP contribution in [0.25, 0.3) is 16.6 Å². The molecule has 0 atom stereocenters. The topological polar surface area (TPSA) is 119 Å². The number of nitro groups is 1. The molecular formula is C24H18ClN5O4S. The number of non-ortho nitro benzene ring substituents is 1. The number of carbonyl (C=O) groups excluding carboxylic acids is 1. The quantitative estimate of drug-likeness (QED) is 0.129. The number of nitrogens with one attached hydrogen (secondary N) is 1. The lowest BCUT2D eigenvalue weighted by Gasteiger charge is -2.14. The van der Waals surface area contributed by atoms with E-state index in [1.54, 1.807) is 24.3 Å². The predicted octanol–water partition coefficient (Wildman–Crippen LogP) is 4.50. The molecule has 0 spiro atoms. The zero-order chi connectivity index (χ0) is 24.9. The van der Waals surface area contributed by atoms with Gasteiger partial charge in [0, 0.05) is 22.7 Å². The van der Waals surface area contributed by atoms with Gasteiger partial charge in [-0.1, -0.05) is 53.7 Å². The summed E-state index contributed by atoms with van der Waals surface area (Å²) in [4.78, 5) is 40.7. The Morgan fingerprint density at radius 1 is 1.20 bits per heavy atom. The molecule has 1 aromatic heterocycles. The molecule has 0 fully saturated rings. The van der Waals surface area contributed by atoms with Gasteiger partial charge in [-0.15, -0.1) is 0 Å². The highest BCUT2D eigenvalue weighted by atomic mass is 35.5. The minimum Gasteiger partial charge on any atom is -0.272 e. The number of amides is 1. The first-order valence-corrected chi connectivity index (χ1v) is 11.7. The molecular weight excluding hydrogens is 490 g/mol. The number of aryl methyl sites for hydroxylation is 1. The largest absolute Gasteiger partial charge is 0.272 e. The summed E-state index contributed by atoms with van der Waals surface area (Å²) in [6.45, 7) is 1.89. The summed E-state index contributed by atoms with van der Waals surface area (Å²) in [6, 6.07) is 18.4. The molecule has 0 aliphatic carbocycles. The maximum Gasteiger partial charge on any atom is 0.270 e. The van der Waals surface area contributed by atoms with E-state index in [1.165, 1.54) is 29.0 Å². The molecule has 9 nitrogen and oxygen atoms in total. The lowest BCUT2D eigenvalue weighted by atomic mass is 10.2. The van der Waals surface area contributed by atoms with Crippen molar-refractivity contribution in [3.63, 3.8) is 0 Å². The summed E-state index contributed by atoms with van der Waals surface area (Å²) in [5.41, 5.74) is 4.38. The van der Waals surface area contributed by atoms with Crippen LogP contribution in [0, 0.1) is 17.0 Å². The van der Waals surface area contributed by atoms with Crippen molar-refractivity contribution in [2.24, 2.45) is 5.10 Å². The summed E-state index contributed by atoms with van der Waals surface area (Å²) in [6.07, 6.45) is 1.23. The first kappa shape index (κ1) is 24.1. The van der Waals surface area contributed by atoms with Crippen LogP contribution in [0.2, 0.25) is 5.02 Å². The number of halogens is 1. The number of benzene rings is 3. The standard InChI is InChI=1S/C24H18ClN5O4S/c1-15-6-2-5-9-21(15)29-23(32)18-7-3-4-8-20(18)27-24(29)35-14-22(31)28-26-13-16-12-17(30(33)34)10-11-19(16)25/h2-13H,14H2,1H3,(H,28,31)/b26-13+. The van der Waals surface area contributed by atoms with Crippen molar-refractivity contribution < 1.29 is 9.72 Å². The van der Waals surface area contributed by atoms with Crippen LogP contribution < -0.4 is 11.0 Å². The van der Waals surface area contributed by atoms with Crippen LogP contribution in [-0.2, 0) is 4.79 Å². The Morgan fingerprint density at radius 2 is 1.94 bits per heavy atom. The van der Waals surface area contributed by atoms with Gasteiger partial charge in [-0.2, -0.15) is 5.10 Å². The number of fused-ring (bicyclic) bond motifs is 1. The van der Waals surface area contributed by atoms with Crippen molar-refractivity contribution >= 4 is 52.1 Å². The van der Waals surface area contributed by atoms with Gasteiger partial charge in [-0.05, 0) is 36.8 Å². The molecule has 4 aromatic rings. The number of para-hydroxylation sites is 2. The minimum absolute atomic E-state index is 0.0727. The summed E-state index contributed by atoms with van der Waals surface area (Å²) in [5, 5.41) is 15.9. The molecule has 0 aliphatic heterocycles. The van der Waals surface area contributed by atoms with Crippen LogP contribution in [0.1, 0.15) is 11.1 Å². The summed E-state index contributed by atoms with van der Waals surface area (Å²) >= 11 is 7.13. The second-order valence-electron chi connectivity index (χ2n) is 7.38. The number of aromatic nitrogens is 2. The lowest BCUT2D eigenvalue weighted by Crippen LogP contribution is -2.24. The molecule has 35 heavy (non-hydrogen) atoms. The Bertz CT molecular complexity index is 1540. The number of hydrogen-bond donors (Lipinski definition) is 1. The van der Waals surface area contributed by atoms with Gasteiger partial charge in [0.2, 0.25) is 0 Å². The van der Waals surface area contributed by atoms with E-state index in [0.29, 0.717) is 27.3 Å². The number of thioether (sulfide) groups is 1. The molecule has 0 aliphatic rings. The Hall–Kier alpha value is -4.02. The van der Waals surface area contributed by atoms with E-state index >= 15 is 0 Å². The smallest absolute Gasteiger partial charge is 0.270 e. The van der Waals surface area contributed by atoms with E-state index in [1.807, 2.05) is 31.2 Å². The van der Waals surface area contributed by atoms with Crippen molar-refractivity contribution in [3.05, 3.63) is 103 Å². The van der Waals surface area contributed by atoms with E-state index in [0.717, 1.165) is 17.3 Å². The molecule has 1 heterocycles. The molecule has 176 valence electrons. The van der Waals surface area contributed by atoms with Gasteiger partial charge < -0.3 is 0 Å². The van der Waals surface area contributed by atoms with Crippen LogP contribution in [0.4, 0.5) is 5.69 Å². The third-order valence-electron chi connectivity index (χ3n) is 5.02. The monoisotopic (exact) mass is 507 g/mol. The van der Waals surface area contributed by atoms with Gasteiger partial charge in [-0.3, -0.25) is 24.3 Å². The van der Waals surface area contributed by atoms with Crippen LogP contribution in [0.15, 0.2) is 81.8 Å². The molecule has 0 saturated carbocycles. The molecule has 0 bridgehead atoms. The number of nitrogens with zero attached hydrogens (tertiary/aromatic N) is 4. The average Bonchev–Trinajstić information content (AvgIpc) is 2.84. The Morgan fingerprint density at radius 3 is 2.71 bits per heavy atom. The summed E-state index contributed by atoms with van der Waals surface area (Å²) < 4.78 is 1.50. The van der Waals surface area contributed by atoms with Gasteiger partial charge in [-0.25, -0.2) is 10.4 Å². The third-order valence-corrected chi connectivity index (χ3v) is 6.30. The highest BCUT2D eigenvalue weighted by Crippen LogP contribution is 2.23. The molecule has 0 unspecified atom stereocenters. The normalized spacial score (nSPS) is 11.1. The number of carbonyl (C=O) groups is 1. The second kappa shape index (κ2) is 10.5. The minimum atomic E-state index is -0.548. The van der Waals surface area contributed by atoms with E-state index in [2.05, 4.69) is 15.5 Å².